The highest BCUT2D eigenvalue weighted by Gasteiger charge is 2.13. The van der Waals surface area contributed by atoms with Gasteiger partial charge in [-0.1, -0.05) is 15.9 Å². The van der Waals surface area contributed by atoms with Gasteiger partial charge in [-0.15, -0.1) is 0 Å². The summed E-state index contributed by atoms with van der Waals surface area (Å²) in [5, 5.41) is 3.61. The standard InChI is InChI=1S/C18H23BrN2/c1-10-7-13(4)20-14(5)17(10)15(6)21-16-8-11(2)18(19)12(3)9-16/h7-9,15,21H,1-6H3. The third kappa shape index (κ3) is 3.46. The number of rotatable bonds is 3. The van der Waals surface area contributed by atoms with E-state index in [1.807, 2.05) is 6.92 Å². The number of pyridine rings is 1. The highest BCUT2D eigenvalue weighted by Crippen LogP contribution is 2.29. The average molecular weight is 347 g/mol. The van der Waals surface area contributed by atoms with Gasteiger partial charge in [0.25, 0.3) is 0 Å². The van der Waals surface area contributed by atoms with Gasteiger partial charge in [-0.25, -0.2) is 0 Å². The van der Waals surface area contributed by atoms with E-state index >= 15 is 0 Å². The van der Waals surface area contributed by atoms with Gasteiger partial charge in [0.05, 0.1) is 6.04 Å². The second-order valence-electron chi connectivity index (χ2n) is 5.87. The molecule has 0 aliphatic heterocycles. The third-order valence-corrected chi connectivity index (χ3v) is 5.09. The average Bonchev–Trinajstić information content (AvgIpc) is 2.34. The van der Waals surface area contributed by atoms with Gasteiger partial charge in [0, 0.05) is 21.5 Å². The number of halogens is 1. The summed E-state index contributed by atoms with van der Waals surface area (Å²) < 4.78 is 1.19. The minimum absolute atomic E-state index is 0.234. The van der Waals surface area contributed by atoms with Crippen LogP contribution in [0.3, 0.4) is 0 Å². The molecule has 0 aliphatic carbocycles. The molecule has 1 N–H and O–H groups in total. The summed E-state index contributed by atoms with van der Waals surface area (Å²) in [6, 6.07) is 6.75. The van der Waals surface area contributed by atoms with Crippen LogP contribution in [0.5, 0.6) is 0 Å². The third-order valence-electron chi connectivity index (χ3n) is 3.84. The van der Waals surface area contributed by atoms with Crippen LogP contribution in [0.15, 0.2) is 22.7 Å². The number of hydrogen-bond acceptors (Lipinski definition) is 2. The Kier molecular flexibility index (Phi) is 4.72. The molecule has 0 saturated carbocycles. The number of aromatic nitrogens is 1. The molecule has 2 rings (SSSR count). The van der Waals surface area contributed by atoms with Gasteiger partial charge < -0.3 is 5.32 Å². The number of nitrogens with zero attached hydrogens (tertiary/aromatic N) is 1. The molecule has 0 radical (unpaired) electrons. The highest BCUT2D eigenvalue weighted by atomic mass is 79.9. The maximum absolute atomic E-state index is 4.60. The van der Waals surface area contributed by atoms with E-state index in [4.69, 9.17) is 0 Å². The SMILES string of the molecule is Cc1cc(C)c(C(C)Nc2cc(C)c(Br)c(C)c2)c(C)n1. The van der Waals surface area contributed by atoms with Crippen LogP contribution in [-0.4, -0.2) is 4.98 Å². The molecule has 21 heavy (non-hydrogen) atoms. The van der Waals surface area contributed by atoms with Crippen LogP contribution in [0, 0.1) is 34.6 Å². The molecule has 112 valence electrons. The Morgan fingerprint density at radius 2 is 1.52 bits per heavy atom. The van der Waals surface area contributed by atoms with Gasteiger partial charge in [-0.2, -0.15) is 0 Å². The van der Waals surface area contributed by atoms with E-state index in [1.165, 1.54) is 26.7 Å². The lowest BCUT2D eigenvalue weighted by Crippen LogP contribution is -2.12. The molecule has 0 saturated heterocycles. The quantitative estimate of drug-likeness (QED) is 0.786. The van der Waals surface area contributed by atoms with Crippen molar-refractivity contribution in [2.24, 2.45) is 0 Å². The first-order chi connectivity index (χ1) is 9.79. The zero-order chi connectivity index (χ0) is 15.7. The summed E-state index contributed by atoms with van der Waals surface area (Å²) in [4.78, 5) is 4.60. The van der Waals surface area contributed by atoms with Gasteiger partial charge >= 0.3 is 0 Å². The number of aryl methyl sites for hydroxylation is 5. The van der Waals surface area contributed by atoms with Gasteiger partial charge in [-0.3, -0.25) is 4.98 Å². The summed E-state index contributed by atoms with van der Waals surface area (Å²) in [5.74, 6) is 0. The molecule has 1 atom stereocenters. The van der Waals surface area contributed by atoms with Crippen molar-refractivity contribution in [3.63, 3.8) is 0 Å². The molecule has 2 aromatic rings. The van der Waals surface area contributed by atoms with E-state index in [0.29, 0.717) is 0 Å². The summed E-state index contributed by atoms with van der Waals surface area (Å²) in [6.45, 7) is 12.7. The molecule has 0 amide bonds. The molecule has 1 unspecified atom stereocenters. The Morgan fingerprint density at radius 1 is 0.952 bits per heavy atom. The first kappa shape index (κ1) is 16.0. The van der Waals surface area contributed by atoms with E-state index < -0.39 is 0 Å². The van der Waals surface area contributed by atoms with Crippen molar-refractivity contribution in [2.75, 3.05) is 5.32 Å². The number of nitrogens with one attached hydrogen (secondary N) is 1. The van der Waals surface area contributed by atoms with Crippen LogP contribution in [0.4, 0.5) is 5.69 Å². The number of anilines is 1. The zero-order valence-electron chi connectivity index (χ0n) is 13.6. The van der Waals surface area contributed by atoms with Gasteiger partial charge in [0.1, 0.15) is 0 Å². The van der Waals surface area contributed by atoms with Crippen LogP contribution in [0.25, 0.3) is 0 Å². The molecule has 1 aromatic carbocycles. The van der Waals surface area contributed by atoms with Crippen LogP contribution in [-0.2, 0) is 0 Å². The van der Waals surface area contributed by atoms with Crippen molar-refractivity contribution in [1.82, 2.24) is 4.98 Å². The fourth-order valence-corrected chi connectivity index (χ4v) is 3.27. The largest absolute Gasteiger partial charge is 0.378 e. The lowest BCUT2D eigenvalue weighted by Gasteiger charge is -2.21. The maximum Gasteiger partial charge on any atom is 0.0506 e. The Balaban J connectivity index is 2.32. The van der Waals surface area contributed by atoms with Gasteiger partial charge in [0.2, 0.25) is 0 Å². The van der Waals surface area contributed by atoms with Crippen molar-refractivity contribution < 1.29 is 0 Å². The Bertz CT molecular complexity index is 631. The highest BCUT2D eigenvalue weighted by molar-refractivity contribution is 9.10. The first-order valence-corrected chi connectivity index (χ1v) is 8.07. The minimum Gasteiger partial charge on any atom is -0.378 e. The van der Waals surface area contributed by atoms with E-state index in [-0.39, 0.29) is 6.04 Å². The monoisotopic (exact) mass is 346 g/mol. The molecule has 1 aromatic heterocycles. The van der Waals surface area contributed by atoms with Gasteiger partial charge in [0.15, 0.2) is 0 Å². The minimum atomic E-state index is 0.234. The molecular formula is C18H23BrN2. The van der Waals surface area contributed by atoms with Crippen molar-refractivity contribution in [3.8, 4) is 0 Å². The summed E-state index contributed by atoms with van der Waals surface area (Å²) in [6.07, 6.45) is 0. The van der Waals surface area contributed by atoms with E-state index in [2.05, 4.69) is 79.0 Å². The van der Waals surface area contributed by atoms with Crippen LogP contribution in [0.1, 0.15) is 46.6 Å². The maximum atomic E-state index is 4.60. The van der Waals surface area contributed by atoms with Crippen molar-refractivity contribution in [1.29, 1.82) is 0 Å². The summed E-state index contributed by atoms with van der Waals surface area (Å²) in [5.41, 5.74) is 8.43. The molecule has 1 heterocycles. The molecular weight excluding hydrogens is 324 g/mol. The van der Waals surface area contributed by atoms with Crippen molar-refractivity contribution in [3.05, 3.63) is 56.3 Å². The fourth-order valence-electron chi connectivity index (χ4n) is 3.04. The summed E-state index contributed by atoms with van der Waals surface area (Å²) >= 11 is 3.62. The topological polar surface area (TPSA) is 24.9 Å². The molecule has 0 spiro atoms. The molecule has 0 aliphatic rings. The molecule has 0 fully saturated rings. The predicted octanol–water partition coefficient (Wildman–Crippen LogP) is 5.56. The van der Waals surface area contributed by atoms with Gasteiger partial charge in [-0.05, 0) is 82.0 Å². The van der Waals surface area contributed by atoms with E-state index in [1.54, 1.807) is 0 Å². The molecule has 0 bridgehead atoms. The normalized spacial score (nSPS) is 12.3. The Hall–Kier alpha value is -1.35. The second-order valence-corrected chi connectivity index (χ2v) is 6.66. The molecule has 2 nitrogen and oxygen atoms in total. The lowest BCUT2D eigenvalue weighted by molar-refractivity contribution is 0.842. The number of hydrogen-bond donors (Lipinski definition) is 1. The van der Waals surface area contributed by atoms with E-state index in [0.717, 1.165) is 17.1 Å². The Labute approximate surface area is 136 Å². The zero-order valence-corrected chi connectivity index (χ0v) is 15.2. The molecule has 3 heteroatoms. The van der Waals surface area contributed by atoms with E-state index in [9.17, 15) is 0 Å². The lowest BCUT2D eigenvalue weighted by atomic mass is 10.00. The fraction of sp³-hybridized carbons (Fsp3) is 0.389. The Morgan fingerprint density at radius 3 is 2.05 bits per heavy atom. The van der Waals surface area contributed by atoms with Crippen LogP contribution in [0.2, 0.25) is 0 Å². The van der Waals surface area contributed by atoms with Crippen molar-refractivity contribution >= 4 is 21.6 Å². The van der Waals surface area contributed by atoms with Crippen LogP contribution < -0.4 is 5.32 Å². The van der Waals surface area contributed by atoms with Crippen LogP contribution >= 0.6 is 15.9 Å². The summed E-state index contributed by atoms with van der Waals surface area (Å²) in [7, 11) is 0. The smallest absolute Gasteiger partial charge is 0.0506 e. The first-order valence-electron chi connectivity index (χ1n) is 7.27. The van der Waals surface area contributed by atoms with Crippen molar-refractivity contribution in [2.45, 2.75) is 47.6 Å². The number of benzene rings is 1. The predicted molar refractivity (Wildman–Crippen MR) is 94.1 cm³/mol. The second kappa shape index (κ2) is 6.18.